The van der Waals surface area contributed by atoms with Gasteiger partial charge in [0.1, 0.15) is 11.2 Å². The summed E-state index contributed by atoms with van der Waals surface area (Å²) >= 11 is 0. The van der Waals surface area contributed by atoms with E-state index in [-0.39, 0.29) is 0 Å². The van der Waals surface area contributed by atoms with Crippen LogP contribution in [0.3, 0.4) is 0 Å². The van der Waals surface area contributed by atoms with Crippen LogP contribution in [0.4, 0.5) is 17.1 Å². The van der Waals surface area contributed by atoms with Crippen LogP contribution < -0.4 is 4.90 Å². The fourth-order valence-electron chi connectivity index (χ4n) is 10.9. The Balaban J connectivity index is 0.996. The van der Waals surface area contributed by atoms with Gasteiger partial charge in [0.05, 0.1) is 5.41 Å². The van der Waals surface area contributed by atoms with Gasteiger partial charge in [-0.2, -0.15) is 0 Å². The molecule has 0 saturated carbocycles. The van der Waals surface area contributed by atoms with Crippen molar-refractivity contribution in [3.05, 3.63) is 271 Å². The summed E-state index contributed by atoms with van der Waals surface area (Å²) in [6.45, 7) is 0. The van der Waals surface area contributed by atoms with Gasteiger partial charge in [-0.05, 0) is 120 Å². The summed E-state index contributed by atoms with van der Waals surface area (Å²) in [7, 11) is 0. The molecule has 1 aliphatic carbocycles. The first kappa shape index (κ1) is 37.1. The lowest BCUT2D eigenvalue weighted by Gasteiger charge is -2.35. The maximum absolute atomic E-state index is 6.60. The van der Waals surface area contributed by atoms with Crippen LogP contribution in [-0.2, 0) is 5.41 Å². The Morgan fingerprint density at radius 3 is 1.57 bits per heavy atom. The third kappa shape index (κ3) is 5.74. The number of furan rings is 1. The first-order chi connectivity index (χ1) is 32.2. The molecule has 0 fully saturated rings. The minimum Gasteiger partial charge on any atom is -0.455 e. The summed E-state index contributed by atoms with van der Waals surface area (Å²) < 4.78 is 6.60. The second kappa shape index (κ2) is 14.8. The maximum Gasteiger partial charge on any atom is 0.143 e. The highest BCUT2D eigenvalue weighted by molar-refractivity contribution is 6.19. The Morgan fingerprint density at radius 1 is 0.323 bits per heavy atom. The Hall–Kier alpha value is -8.46. The van der Waals surface area contributed by atoms with Crippen molar-refractivity contribution in [3.8, 4) is 33.4 Å². The monoisotopic (exact) mass is 827 g/mol. The van der Waals surface area contributed by atoms with Gasteiger partial charge in [-0.25, -0.2) is 0 Å². The van der Waals surface area contributed by atoms with Crippen molar-refractivity contribution in [1.82, 2.24) is 0 Å². The van der Waals surface area contributed by atoms with E-state index in [1.165, 1.54) is 60.7 Å². The zero-order valence-corrected chi connectivity index (χ0v) is 35.5. The smallest absolute Gasteiger partial charge is 0.143 e. The van der Waals surface area contributed by atoms with E-state index in [9.17, 15) is 0 Å². The topological polar surface area (TPSA) is 16.4 Å². The highest BCUT2D eigenvalue weighted by Crippen LogP contribution is 2.57. The fraction of sp³-hybridized carbons (Fsp3) is 0.0159. The third-order valence-corrected chi connectivity index (χ3v) is 13.8. The quantitative estimate of drug-likeness (QED) is 0.159. The summed E-state index contributed by atoms with van der Waals surface area (Å²) in [6.07, 6.45) is 0. The van der Waals surface area contributed by atoms with Gasteiger partial charge in [-0.3, -0.25) is 0 Å². The molecule has 0 spiro atoms. The standard InChI is InChI=1S/C63H41NO/c1-3-18-46(19-4-1)63(47-20-5-2-6-21-47)58-27-12-11-24-55(58)56-40-38-50(41-59(56)63)64(48-34-29-44(30-35-48)52-25-13-17-42-15-7-9-22-51(42)52)49-36-31-45(32-37-49)53-26-14-28-60-61(53)57-39-33-43-16-8-10-23-54(43)62(57)65-60/h1-41H. The lowest BCUT2D eigenvalue weighted by Crippen LogP contribution is -2.28. The van der Waals surface area contributed by atoms with Crippen LogP contribution in [-0.4, -0.2) is 0 Å². The van der Waals surface area contributed by atoms with Crippen LogP contribution in [0.1, 0.15) is 22.3 Å². The summed E-state index contributed by atoms with van der Waals surface area (Å²) in [5, 5.41) is 7.06. The molecule has 1 heterocycles. The Labute approximate surface area is 377 Å². The first-order valence-electron chi connectivity index (χ1n) is 22.4. The number of hydrogen-bond donors (Lipinski definition) is 0. The van der Waals surface area contributed by atoms with E-state index in [1.54, 1.807) is 0 Å². The molecule has 0 aliphatic heterocycles. The van der Waals surface area contributed by atoms with Gasteiger partial charge in [0, 0.05) is 33.2 Å². The van der Waals surface area contributed by atoms with E-state index in [4.69, 9.17) is 4.42 Å². The molecular formula is C63H41NO. The molecule has 0 unspecified atom stereocenters. The molecule has 0 saturated heterocycles. The zero-order valence-electron chi connectivity index (χ0n) is 35.5. The molecule has 2 nitrogen and oxygen atoms in total. The Kier molecular flexibility index (Phi) is 8.47. The molecule has 0 N–H and O–H groups in total. The predicted octanol–water partition coefficient (Wildman–Crippen LogP) is 17.1. The third-order valence-electron chi connectivity index (χ3n) is 13.8. The molecule has 2 heteroatoms. The SMILES string of the molecule is c1ccc(C2(c3ccccc3)c3ccccc3-c3ccc(N(c4ccc(-c5cccc6ccccc56)cc4)c4ccc(-c5cccc6oc7c8ccccc8ccc7c56)cc4)cc32)cc1. The minimum atomic E-state index is -0.518. The molecule has 11 aromatic carbocycles. The summed E-state index contributed by atoms with van der Waals surface area (Å²) in [5.74, 6) is 0. The van der Waals surface area contributed by atoms with Gasteiger partial charge in [0.2, 0.25) is 0 Å². The van der Waals surface area contributed by atoms with Crippen LogP contribution in [0.2, 0.25) is 0 Å². The van der Waals surface area contributed by atoms with E-state index >= 15 is 0 Å². The number of anilines is 3. The summed E-state index contributed by atoms with van der Waals surface area (Å²) in [5.41, 5.74) is 16.8. The normalized spacial score (nSPS) is 12.7. The summed E-state index contributed by atoms with van der Waals surface area (Å²) in [4.78, 5) is 2.42. The lowest BCUT2D eigenvalue weighted by molar-refractivity contribution is 0.673. The van der Waals surface area contributed by atoms with Crippen molar-refractivity contribution in [1.29, 1.82) is 0 Å². The van der Waals surface area contributed by atoms with E-state index in [1.807, 2.05) is 0 Å². The molecule has 1 aromatic heterocycles. The number of nitrogens with zero attached hydrogens (tertiary/aromatic N) is 1. The van der Waals surface area contributed by atoms with E-state index < -0.39 is 5.41 Å². The lowest BCUT2D eigenvalue weighted by atomic mass is 9.67. The van der Waals surface area contributed by atoms with Crippen molar-refractivity contribution in [2.24, 2.45) is 0 Å². The van der Waals surface area contributed by atoms with Gasteiger partial charge in [-0.1, -0.05) is 200 Å². The van der Waals surface area contributed by atoms with Crippen molar-refractivity contribution < 1.29 is 4.42 Å². The van der Waals surface area contributed by atoms with E-state index in [2.05, 4.69) is 254 Å². The number of benzene rings is 11. The molecule has 0 atom stereocenters. The van der Waals surface area contributed by atoms with Gasteiger partial charge in [0.25, 0.3) is 0 Å². The molecule has 65 heavy (non-hydrogen) atoms. The molecule has 1 aliphatic rings. The van der Waals surface area contributed by atoms with Gasteiger partial charge >= 0.3 is 0 Å². The van der Waals surface area contributed by atoms with Crippen LogP contribution in [0.25, 0.3) is 76.9 Å². The Bertz CT molecular complexity index is 3710. The second-order valence-electron chi connectivity index (χ2n) is 17.2. The Morgan fingerprint density at radius 2 is 0.846 bits per heavy atom. The molecule has 304 valence electrons. The van der Waals surface area contributed by atoms with Crippen molar-refractivity contribution >= 4 is 60.5 Å². The average Bonchev–Trinajstić information content (AvgIpc) is 3.92. The summed E-state index contributed by atoms with van der Waals surface area (Å²) in [6, 6.07) is 90.8. The van der Waals surface area contributed by atoms with Crippen LogP contribution in [0.15, 0.2) is 253 Å². The van der Waals surface area contributed by atoms with Crippen LogP contribution >= 0.6 is 0 Å². The average molecular weight is 828 g/mol. The van der Waals surface area contributed by atoms with Gasteiger partial charge in [0.15, 0.2) is 0 Å². The van der Waals surface area contributed by atoms with Gasteiger partial charge in [-0.15, -0.1) is 0 Å². The molecule has 0 amide bonds. The number of fused-ring (bicyclic) bond motifs is 9. The maximum atomic E-state index is 6.60. The number of hydrogen-bond acceptors (Lipinski definition) is 2. The minimum absolute atomic E-state index is 0.518. The molecule has 13 rings (SSSR count). The largest absolute Gasteiger partial charge is 0.455 e. The molecular weight excluding hydrogens is 787 g/mol. The first-order valence-corrected chi connectivity index (χ1v) is 22.4. The van der Waals surface area contributed by atoms with Crippen LogP contribution in [0, 0.1) is 0 Å². The zero-order chi connectivity index (χ0) is 42.9. The van der Waals surface area contributed by atoms with Gasteiger partial charge < -0.3 is 9.32 Å². The van der Waals surface area contributed by atoms with Crippen molar-refractivity contribution in [2.75, 3.05) is 4.90 Å². The molecule has 0 bridgehead atoms. The molecule has 0 radical (unpaired) electrons. The highest BCUT2D eigenvalue weighted by atomic mass is 16.3. The molecule has 12 aromatic rings. The fourth-order valence-corrected chi connectivity index (χ4v) is 10.9. The van der Waals surface area contributed by atoms with E-state index in [0.717, 1.165) is 55.5 Å². The highest BCUT2D eigenvalue weighted by Gasteiger charge is 2.46. The number of rotatable bonds is 7. The second-order valence-corrected chi connectivity index (χ2v) is 17.2. The van der Waals surface area contributed by atoms with E-state index in [0.29, 0.717) is 0 Å². The predicted molar refractivity (Wildman–Crippen MR) is 272 cm³/mol. The van der Waals surface area contributed by atoms with Crippen LogP contribution in [0.5, 0.6) is 0 Å². The van der Waals surface area contributed by atoms with Crippen molar-refractivity contribution in [2.45, 2.75) is 5.41 Å². The van der Waals surface area contributed by atoms with Crippen molar-refractivity contribution in [3.63, 3.8) is 0 Å².